The summed E-state index contributed by atoms with van der Waals surface area (Å²) in [4.78, 5) is 28.4. The number of rotatable bonds is 4. The van der Waals surface area contributed by atoms with Crippen molar-refractivity contribution in [2.75, 3.05) is 18.4 Å². The number of aromatic nitrogens is 3. The number of likely N-dealkylation sites (tertiary alicyclic amines) is 1. The van der Waals surface area contributed by atoms with Crippen molar-refractivity contribution in [1.82, 2.24) is 19.9 Å². The van der Waals surface area contributed by atoms with Crippen molar-refractivity contribution in [1.29, 1.82) is 0 Å². The molecular weight excluding hydrogens is 362 g/mol. The lowest BCUT2D eigenvalue weighted by molar-refractivity contribution is -0.135. The molecule has 2 aromatic heterocycles. The summed E-state index contributed by atoms with van der Waals surface area (Å²) in [5, 5.41) is 3.24. The van der Waals surface area contributed by atoms with Crippen molar-refractivity contribution < 1.29 is 4.79 Å². The van der Waals surface area contributed by atoms with Gasteiger partial charge < -0.3 is 10.2 Å². The average Bonchev–Trinajstić information content (AvgIpc) is 3.44. The molecule has 6 nitrogen and oxygen atoms in total. The molecule has 0 aromatic carbocycles. The van der Waals surface area contributed by atoms with Crippen molar-refractivity contribution in [3.63, 3.8) is 0 Å². The number of anilines is 2. The van der Waals surface area contributed by atoms with E-state index >= 15 is 0 Å². The number of piperidine rings is 1. The summed E-state index contributed by atoms with van der Waals surface area (Å²) in [6.45, 7) is 5.67. The smallest absolute Gasteiger partial charge is 0.227 e. The first-order chi connectivity index (χ1) is 14.0. The van der Waals surface area contributed by atoms with Gasteiger partial charge in [-0.1, -0.05) is 6.42 Å². The van der Waals surface area contributed by atoms with Gasteiger partial charge in [-0.15, -0.1) is 0 Å². The molecule has 0 unspecified atom stereocenters. The quantitative estimate of drug-likeness (QED) is 0.849. The fourth-order valence-corrected chi connectivity index (χ4v) is 5.13. The summed E-state index contributed by atoms with van der Waals surface area (Å²) >= 11 is 0. The number of carbonyl (C=O) groups is 1. The zero-order valence-corrected chi connectivity index (χ0v) is 17.3. The summed E-state index contributed by atoms with van der Waals surface area (Å²) in [6.07, 6.45) is 8.88. The van der Waals surface area contributed by atoms with Crippen molar-refractivity contribution in [3.8, 4) is 0 Å². The minimum absolute atomic E-state index is 0.337. The van der Waals surface area contributed by atoms with Crippen molar-refractivity contribution >= 4 is 17.5 Å². The molecular formula is C23H29N5O. The van der Waals surface area contributed by atoms with Crippen LogP contribution >= 0.6 is 0 Å². The summed E-state index contributed by atoms with van der Waals surface area (Å²) in [5.41, 5.74) is 4.33. The number of carbonyl (C=O) groups excluding carboxylic acids is 1. The standard InChI is InChI=1S/C23H29N5O/c1-15-12-16(2)26-22(25-15)27-18-4-5-20(24-14-18)17-6-10-28(11-7-17)21(29)19-13-23(19)8-3-9-23/h4-5,12,14,17,19H,3,6-11,13H2,1-2H3,(H,25,26,27)/t19-/m0/s1. The van der Waals surface area contributed by atoms with Gasteiger partial charge in [0.05, 0.1) is 11.9 Å². The number of pyridine rings is 1. The molecule has 2 aliphatic carbocycles. The molecule has 29 heavy (non-hydrogen) atoms. The minimum atomic E-state index is 0.337. The number of nitrogens with one attached hydrogen (secondary N) is 1. The van der Waals surface area contributed by atoms with Crippen LogP contribution in [-0.2, 0) is 4.79 Å². The number of hydrogen-bond donors (Lipinski definition) is 1. The highest BCUT2D eigenvalue weighted by Crippen LogP contribution is 2.66. The third-order valence-corrected chi connectivity index (χ3v) is 7.09. The number of nitrogens with zero attached hydrogens (tertiary/aromatic N) is 4. The van der Waals surface area contributed by atoms with Gasteiger partial charge >= 0.3 is 0 Å². The normalized spacial score (nSPS) is 23.0. The molecule has 0 radical (unpaired) electrons. The van der Waals surface area contributed by atoms with E-state index < -0.39 is 0 Å². The van der Waals surface area contributed by atoms with Crippen LogP contribution in [0.2, 0.25) is 0 Å². The Labute approximate surface area is 172 Å². The summed E-state index contributed by atoms with van der Waals surface area (Å²) in [5.74, 6) is 1.79. The monoisotopic (exact) mass is 391 g/mol. The molecule has 6 heteroatoms. The largest absolute Gasteiger partial charge is 0.342 e. The van der Waals surface area contributed by atoms with Gasteiger partial charge in [-0.05, 0) is 69.6 Å². The Morgan fingerprint density at radius 1 is 1.14 bits per heavy atom. The second-order valence-electron chi connectivity index (χ2n) is 9.14. The minimum Gasteiger partial charge on any atom is -0.342 e. The predicted molar refractivity (Wildman–Crippen MR) is 112 cm³/mol. The zero-order valence-electron chi connectivity index (χ0n) is 17.3. The van der Waals surface area contributed by atoms with Crippen molar-refractivity contribution in [2.45, 2.75) is 58.3 Å². The molecule has 1 aliphatic heterocycles. The topological polar surface area (TPSA) is 71.0 Å². The van der Waals surface area contributed by atoms with Crippen LogP contribution in [0.25, 0.3) is 0 Å². The zero-order chi connectivity index (χ0) is 20.0. The number of aryl methyl sites for hydroxylation is 2. The summed E-state index contributed by atoms with van der Waals surface area (Å²) in [6, 6.07) is 6.10. The maximum atomic E-state index is 12.8. The molecule has 1 spiro atoms. The van der Waals surface area contributed by atoms with E-state index in [9.17, 15) is 4.79 Å². The van der Waals surface area contributed by atoms with E-state index in [1.54, 1.807) is 0 Å². The van der Waals surface area contributed by atoms with E-state index in [2.05, 4.69) is 31.2 Å². The Morgan fingerprint density at radius 2 is 1.86 bits per heavy atom. The van der Waals surface area contributed by atoms with Crippen LogP contribution in [0.3, 0.4) is 0 Å². The molecule has 0 bridgehead atoms. The first-order valence-electron chi connectivity index (χ1n) is 10.9. The van der Waals surface area contributed by atoms with Crippen LogP contribution in [0.15, 0.2) is 24.4 Å². The third kappa shape index (κ3) is 3.61. The molecule has 2 aromatic rings. The lowest BCUT2D eigenvalue weighted by Gasteiger charge is -2.34. The summed E-state index contributed by atoms with van der Waals surface area (Å²) < 4.78 is 0. The fraction of sp³-hybridized carbons (Fsp3) is 0.565. The van der Waals surface area contributed by atoms with Gasteiger partial charge in [0.25, 0.3) is 0 Å². The first-order valence-corrected chi connectivity index (χ1v) is 10.9. The van der Waals surface area contributed by atoms with Crippen LogP contribution in [0.4, 0.5) is 11.6 Å². The number of amides is 1. The lowest BCUT2D eigenvalue weighted by Crippen LogP contribution is -2.40. The Kier molecular flexibility index (Phi) is 4.52. The van der Waals surface area contributed by atoms with Gasteiger partial charge in [0.15, 0.2) is 0 Å². The molecule has 1 atom stereocenters. The van der Waals surface area contributed by atoms with E-state index in [1.807, 2.05) is 32.2 Å². The van der Waals surface area contributed by atoms with E-state index in [-0.39, 0.29) is 0 Å². The van der Waals surface area contributed by atoms with E-state index in [1.165, 1.54) is 19.3 Å². The van der Waals surface area contributed by atoms with Crippen molar-refractivity contribution in [2.24, 2.45) is 11.3 Å². The first kappa shape index (κ1) is 18.5. The Balaban J connectivity index is 1.16. The Bertz CT molecular complexity index is 893. The van der Waals surface area contributed by atoms with Crippen LogP contribution in [-0.4, -0.2) is 38.8 Å². The van der Waals surface area contributed by atoms with Gasteiger partial charge in [0, 0.05) is 42.0 Å². The van der Waals surface area contributed by atoms with Crippen molar-refractivity contribution in [3.05, 3.63) is 41.5 Å². The maximum Gasteiger partial charge on any atom is 0.227 e. The van der Waals surface area contributed by atoms with Gasteiger partial charge in [0.2, 0.25) is 11.9 Å². The molecule has 152 valence electrons. The molecule has 3 aliphatic rings. The Morgan fingerprint density at radius 3 is 2.41 bits per heavy atom. The highest BCUT2D eigenvalue weighted by atomic mass is 16.2. The SMILES string of the molecule is Cc1cc(C)nc(Nc2ccc(C3CCN(C(=O)[C@@H]4CC45CCC5)CC3)nc2)n1. The van der Waals surface area contributed by atoms with Gasteiger partial charge in [0.1, 0.15) is 0 Å². The molecule has 2 saturated carbocycles. The van der Waals surface area contributed by atoms with Crippen LogP contribution in [0.5, 0.6) is 0 Å². The predicted octanol–water partition coefficient (Wildman–Crippen LogP) is 4.13. The van der Waals surface area contributed by atoms with Crippen LogP contribution in [0, 0.1) is 25.2 Å². The van der Waals surface area contributed by atoms with Gasteiger partial charge in [-0.2, -0.15) is 0 Å². The van der Waals surface area contributed by atoms with Gasteiger partial charge in [-0.3, -0.25) is 9.78 Å². The second-order valence-corrected chi connectivity index (χ2v) is 9.14. The lowest BCUT2D eigenvalue weighted by atomic mass is 9.79. The molecule has 3 fully saturated rings. The number of hydrogen-bond acceptors (Lipinski definition) is 5. The van der Waals surface area contributed by atoms with Crippen LogP contribution in [0.1, 0.15) is 61.5 Å². The Hall–Kier alpha value is -2.50. The average molecular weight is 392 g/mol. The fourth-order valence-electron chi connectivity index (χ4n) is 5.13. The molecule has 5 rings (SSSR count). The second kappa shape index (κ2) is 7.08. The molecule has 1 amide bonds. The molecule has 3 heterocycles. The summed E-state index contributed by atoms with van der Waals surface area (Å²) in [7, 11) is 0. The highest BCUT2D eigenvalue weighted by molar-refractivity contribution is 5.83. The van der Waals surface area contributed by atoms with Gasteiger partial charge in [-0.25, -0.2) is 9.97 Å². The third-order valence-electron chi connectivity index (χ3n) is 7.09. The molecule has 1 N–H and O–H groups in total. The highest BCUT2D eigenvalue weighted by Gasteiger charge is 2.61. The molecule has 1 saturated heterocycles. The van der Waals surface area contributed by atoms with Crippen LogP contribution < -0.4 is 5.32 Å². The van der Waals surface area contributed by atoms with E-state index in [4.69, 9.17) is 0 Å². The van der Waals surface area contributed by atoms with E-state index in [0.29, 0.717) is 29.1 Å². The maximum absolute atomic E-state index is 12.8. The van der Waals surface area contributed by atoms with E-state index in [0.717, 1.165) is 55.1 Å².